The van der Waals surface area contributed by atoms with Crippen LogP contribution in [0.5, 0.6) is 0 Å². The van der Waals surface area contributed by atoms with Gasteiger partial charge in [0.05, 0.1) is 22.7 Å². The van der Waals surface area contributed by atoms with Crippen molar-refractivity contribution in [2.24, 2.45) is 0 Å². The molecule has 1 aromatic rings. The first kappa shape index (κ1) is 13.4. The summed E-state index contributed by atoms with van der Waals surface area (Å²) in [6, 6.07) is 1.88. The molecular formula is C12H12BrF2NO2. The number of halogens is 3. The van der Waals surface area contributed by atoms with Gasteiger partial charge in [0.2, 0.25) is 0 Å². The highest BCUT2D eigenvalue weighted by Gasteiger charge is 2.25. The fraction of sp³-hybridized carbons (Fsp3) is 0.417. The molecule has 0 spiro atoms. The predicted octanol–water partition coefficient (Wildman–Crippen LogP) is 2.59. The first-order chi connectivity index (χ1) is 8.49. The van der Waals surface area contributed by atoms with Crippen LogP contribution in [0.3, 0.4) is 0 Å². The van der Waals surface area contributed by atoms with Crippen molar-refractivity contribution in [2.45, 2.75) is 13.0 Å². The van der Waals surface area contributed by atoms with Gasteiger partial charge >= 0.3 is 0 Å². The quantitative estimate of drug-likeness (QED) is 0.745. The number of hydrogen-bond donors (Lipinski definition) is 0. The van der Waals surface area contributed by atoms with E-state index in [-0.39, 0.29) is 16.1 Å². The van der Waals surface area contributed by atoms with E-state index in [4.69, 9.17) is 4.74 Å². The van der Waals surface area contributed by atoms with Gasteiger partial charge in [-0.15, -0.1) is 0 Å². The second-order valence-electron chi connectivity index (χ2n) is 4.18. The van der Waals surface area contributed by atoms with Crippen molar-refractivity contribution >= 4 is 21.8 Å². The van der Waals surface area contributed by atoms with Crippen molar-refractivity contribution in [3.8, 4) is 0 Å². The molecule has 1 atom stereocenters. The number of amides is 1. The molecule has 2 rings (SSSR count). The van der Waals surface area contributed by atoms with E-state index < -0.39 is 17.5 Å². The summed E-state index contributed by atoms with van der Waals surface area (Å²) < 4.78 is 32.1. The molecule has 1 aliphatic heterocycles. The minimum absolute atomic E-state index is 0.0744. The van der Waals surface area contributed by atoms with Gasteiger partial charge in [0.15, 0.2) is 0 Å². The van der Waals surface area contributed by atoms with Crippen LogP contribution in [0.1, 0.15) is 17.3 Å². The molecule has 1 heterocycles. The van der Waals surface area contributed by atoms with Gasteiger partial charge in [0, 0.05) is 19.2 Å². The van der Waals surface area contributed by atoms with E-state index in [1.807, 2.05) is 6.92 Å². The lowest BCUT2D eigenvalue weighted by molar-refractivity contribution is -0.0125. The first-order valence-corrected chi connectivity index (χ1v) is 6.33. The van der Waals surface area contributed by atoms with Crippen LogP contribution >= 0.6 is 15.9 Å². The Hall–Kier alpha value is -1.01. The average molecular weight is 320 g/mol. The Kier molecular flexibility index (Phi) is 3.97. The second kappa shape index (κ2) is 5.32. The molecule has 6 heteroatoms. The number of morpholine rings is 1. The fourth-order valence-electron chi connectivity index (χ4n) is 1.86. The summed E-state index contributed by atoms with van der Waals surface area (Å²) in [6.45, 7) is 3.10. The summed E-state index contributed by atoms with van der Waals surface area (Å²) in [6.07, 6.45) is -0.0744. The van der Waals surface area contributed by atoms with Crippen LogP contribution < -0.4 is 0 Å². The monoisotopic (exact) mass is 319 g/mol. The number of hydrogen-bond acceptors (Lipinski definition) is 2. The second-order valence-corrected chi connectivity index (χ2v) is 5.03. The van der Waals surface area contributed by atoms with Gasteiger partial charge in [0.1, 0.15) is 11.6 Å². The lowest BCUT2D eigenvalue weighted by atomic mass is 10.1. The maximum atomic E-state index is 13.6. The molecule has 1 fully saturated rings. The Bertz CT molecular complexity index is 481. The van der Waals surface area contributed by atoms with Crippen molar-refractivity contribution in [1.82, 2.24) is 4.90 Å². The highest BCUT2D eigenvalue weighted by Crippen LogP contribution is 2.22. The molecule has 0 N–H and O–H groups in total. The number of benzene rings is 1. The molecule has 1 unspecified atom stereocenters. The number of nitrogens with zero attached hydrogens (tertiary/aromatic N) is 1. The molecule has 0 radical (unpaired) electrons. The van der Waals surface area contributed by atoms with E-state index >= 15 is 0 Å². The molecule has 0 aromatic heterocycles. The van der Waals surface area contributed by atoms with Gasteiger partial charge in [-0.3, -0.25) is 4.79 Å². The first-order valence-electron chi connectivity index (χ1n) is 5.54. The number of carbonyl (C=O) groups excluding carboxylic acids is 1. The third kappa shape index (κ3) is 2.70. The Labute approximate surface area is 112 Å². The molecule has 1 amide bonds. The van der Waals surface area contributed by atoms with E-state index in [9.17, 15) is 13.6 Å². The summed E-state index contributed by atoms with van der Waals surface area (Å²) in [5.74, 6) is -2.01. The standard InChI is InChI=1S/C12H12BrF2NO2/c1-7-6-16(2-3-18-7)12(17)8-4-9(13)11(15)5-10(8)14/h4-5,7H,2-3,6H2,1H3. The smallest absolute Gasteiger partial charge is 0.257 e. The average Bonchev–Trinajstić information content (AvgIpc) is 2.33. The maximum absolute atomic E-state index is 13.6. The van der Waals surface area contributed by atoms with Gasteiger partial charge < -0.3 is 9.64 Å². The zero-order valence-corrected chi connectivity index (χ0v) is 11.3. The largest absolute Gasteiger partial charge is 0.375 e. The lowest BCUT2D eigenvalue weighted by Gasteiger charge is -2.31. The van der Waals surface area contributed by atoms with Gasteiger partial charge in [-0.25, -0.2) is 8.78 Å². The zero-order chi connectivity index (χ0) is 13.3. The Morgan fingerprint density at radius 2 is 2.17 bits per heavy atom. The summed E-state index contributed by atoms with van der Waals surface area (Å²) in [5.41, 5.74) is -0.127. The summed E-state index contributed by atoms with van der Waals surface area (Å²) in [5, 5.41) is 0. The lowest BCUT2D eigenvalue weighted by Crippen LogP contribution is -2.44. The number of ether oxygens (including phenoxy) is 1. The third-order valence-corrected chi connectivity index (χ3v) is 3.38. The minimum atomic E-state index is -0.847. The molecule has 0 bridgehead atoms. The van der Waals surface area contributed by atoms with E-state index in [1.54, 1.807) is 0 Å². The molecule has 3 nitrogen and oxygen atoms in total. The van der Waals surface area contributed by atoms with Gasteiger partial charge in [0.25, 0.3) is 5.91 Å². The Balaban J connectivity index is 2.25. The minimum Gasteiger partial charge on any atom is -0.375 e. The van der Waals surface area contributed by atoms with Crippen LogP contribution in [0.15, 0.2) is 16.6 Å². The Morgan fingerprint density at radius 1 is 1.44 bits per heavy atom. The molecule has 0 saturated carbocycles. The van der Waals surface area contributed by atoms with Crippen LogP contribution in [-0.2, 0) is 4.74 Å². The molecule has 98 valence electrons. The molecule has 0 aliphatic carbocycles. The van der Waals surface area contributed by atoms with Crippen molar-refractivity contribution < 1.29 is 18.3 Å². The number of carbonyl (C=O) groups is 1. The van der Waals surface area contributed by atoms with Gasteiger partial charge in [-0.2, -0.15) is 0 Å². The summed E-state index contributed by atoms with van der Waals surface area (Å²) in [7, 11) is 0. The van der Waals surface area contributed by atoms with E-state index in [2.05, 4.69) is 15.9 Å². The van der Waals surface area contributed by atoms with E-state index in [0.29, 0.717) is 25.8 Å². The number of rotatable bonds is 1. The van der Waals surface area contributed by atoms with Gasteiger partial charge in [-0.05, 0) is 28.9 Å². The zero-order valence-electron chi connectivity index (χ0n) is 9.75. The van der Waals surface area contributed by atoms with E-state index in [0.717, 1.165) is 0 Å². The van der Waals surface area contributed by atoms with Crippen molar-refractivity contribution in [1.29, 1.82) is 0 Å². The Morgan fingerprint density at radius 3 is 2.83 bits per heavy atom. The molecule has 1 aromatic carbocycles. The topological polar surface area (TPSA) is 29.5 Å². The highest BCUT2D eigenvalue weighted by atomic mass is 79.9. The molecule has 18 heavy (non-hydrogen) atoms. The normalized spacial score (nSPS) is 20.0. The van der Waals surface area contributed by atoms with Crippen molar-refractivity contribution in [2.75, 3.05) is 19.7 Å². The van der Waals surface area contributed by atoms with Crippen LogP contribution in [0.25, 0.3) is 0 Å². The summed E-state index contributed by atoms with van der Waals surface area (Å²) in [4.78, 5) is 13.6. The van der Waals surface area contributed by atoms with Crippen LogP contribution in [-0.4, -0.2) is 36.6 Å². The van der Waals surface area contributed by atoms with Crippen molar-refractivity contribution in [3.63, 3.8) is 0 Å². The fourth-order valence-corrected chi connectivity index (χ4v) is 2.20. The summed E-state index contributed by atoms with van der Waals surface area (Å²) >= 11 is 2.95. The molecular weight excluding hydrogens is 308 g/mol. The van der Waals surface area contributed by atoms with E-state index in [1.165, 1.54) is 11.0 Å². The van der Waals surface area contributed by atoms with Crippen LogP contribution in [0.2, 0.25) is 0 Å². The third-order valence-electron chi connectivity index (χ3n) is 2.77. The highest BCUT2D eigenvalue weighted by molar-refractivity contribution is 9.10. The van der Waals surface area contributed by atoms with Crippen LogP contribution in [0.4, 0.5) is 8.78 Å². The van der Waals surface area contributed by atoms with Crippen LogP contribution in [0, 0.1) is 11.6 Å². The maximum Gasteiger partial charge on any atom is 0.257 e. The van der Waals surface area contributed by atoms with Crippen molar-refractivity contribution in [3.05, 3.63) is 33.8 Å². The van der Waals surface area contributed by atoms with Gasteiger partial charge in [-0.1, -0.05) is 0 Å². The SMILES string of the molecule is CC1CN(C(=O)c2cc(Br)c(F)cc2F)CCO1. The molecule has 1 aliphatic rings. The predicted molar refractivity (Wildman–Crippen MR) is 65.4 cm³/mol. The molecule has 1 saturated heterocycles.